The molecule has 1 aliphatic heterocycles. The number of anilines is 2. The van der Waals surface area contributed by atoms with Gasteiger partial charge in [-0.15, -0.1) is 0 Å². The van der Waals surface area contributed by atoms with Gasteiger partial charge in [-0.05, 0) is 37.3 Å². The molecule has 3 aromatic heterocycles. The number of carbonyl (C=O) groups is 1. The number of nitriles is 1. The summed E-state index contributed by atoms with van der Waals surface area (Å²) in [4.78, 5) is 26.5. The topological polar surface area (TPSA) is 134 Å². The maximum atomic E-state index is 15.5. The van der Waals surface area contributed by atoms with Crippen molar-refractivity contribution >= 4 is 34.7 Å². The van der Waals surface area contributed by atoms with E-state index in [2.05, 4.69) is 26.5 Å². The van der Waals surface area contributed by atoms with Crippen LogP contribution in [0.4, 0.5) is 29.2 Å². The average molecular weight is 575 g/mol. The van der Waals surface area contributed by atoms with Crippen LogP contribution in [-0.2, 0) is 10.9 Å². The van der Waals surface area contributed by atoms with Crippen molar-refractivity contribution in [2.45, 2.75) is 25.2 Å². The monoisotopic (exact) mass is 574 g/mol. The molecule has 5 rings (SSSR count). The van der Waals surface area contributed by atoms with Crippen LogP contribution in [0, 0.1) is 17.3 Å². The maximum absolute atomic E-state index is 15.5. The summed E-state index contributed by atoms with van der Waals surface area (Å²) in [5.41, 5.74) is 5.17. The number of hydrogen-bond donors (Lipinski definition) is 2. The van der Waals surface area contributed by atoms with Crippen molar-refractivity contribution in [3.8, 4) is 17.5 Å². The number of nitrogen functional groups attached to an aromatic ring is 1. The molecule has 1 aromatic carbocycles. The molecule has 1 fully saturated rings. The molecule has 15 heteroatoms. The molecule has 0 aliphatic carbocycles. The van der Waals surface area contributed by atoms with E-state index in [-0.39, 0.29) is 64.1 Å². The first-order chi connectivity index (χ1) is 19.0. The molecule has 2 atom stereocenters. The second-order valence-electron chi connectivity index (χ2n) is 8.97. The summed E-state index contributed by atoms with van der Waals surface area (Å²) in [6, 6.07) is 4.74. The number of nitrogens with two attached hydrogens (primary N) is 1. The Morgan fingerprint density at radius 1 is 1.27 bits per heavy atom. The van der Waals surface area contributed by atoms with Gasteiger partial charge in [0.05, 0.1) is 31.0 Å². The molecule has 0 spiro atoms. The molecule has 10 nitrogen and oxygen atoms in total. The number of hydrogen-bond acceptors (Lipinski definition) is 8. The fraction of sp³-hybridized carbons (Fsp3) is 0.240. The SMILES string of the molecule is C[C@H]1CO[C@@H](c2nc(-c3ccc(C(=O)Nc4cc(C(F)(F)F)ccn4)cc3F)c3c(N)ncc(Cl)n23)CN1C#N. The number of alkyl halides is 3. The molecule has 0 bridgehead atoms. The molecule has 1 aliphatic rings. The number of ether oxygens (including phenoxy) is 1. The first-order valence-electron chi connectivity index (χ1n) is 11.7. The van der Waals surface area contributed by atoms with Gasteiger partial charge in [0.15, 0.2) is 6.19 Å². The Kier molecular flexibility index (Phi) is 6.94. The Balaban J connectivity index is 1.51. The quantitative estimate of drug-likeness (QED) is 0.265. The highest BCUT2D eigenvalue weighted by molar-refractivity contribution is 6.30. The first kappa shape index (κ1) is 27.1. The molecule has 206 valence electrons. The lowest BCUT2D eigenvalue weighted by Crippen LogP contribution is -2.42. The van der Waals surface area contributed by atoms with Crippen LogP contribution in [0.15, 0.2) is 42.7 Å². The van der Waals surface area contributed by atoms with E-state index in [4.69, 9.17) is 22.1 Å². The number of aromatic nitrogens is 4. The van der Waals surface area contributed by atoms with E-state index < -0.39 is 29.6 Å². The highest BCUT2D eigenvalue weighted by atomic mass is 35.5. The minimum Gasteiger partial charge on any atom is -0.382 e. The van der Waals surface area contributed by atoms with Crippen LogP contribution in [-0.4, -0.2) is 49.4 Å². The lowest BCUT2D eigenvalue weighted by molar-refractivity contribution is -0.137. The minimum absolute atomic E-state index is 0.00342. The largest absolute Gasteiger partial charge is 0.416 e. The zero-order valence-corrected chi connectivity index (χ0v) is 21.3. The number of benzene rings is 1. The number of halogens is 5. The summed E-state index contributed by atoms with van der Waals surface area (Å²) in [6.07, 6.45) is -1.02. The summed E-state index contributed by atoms with van der Waals surface area (Å²) < 4.78 is 61.8. The Morgan fingerprint density at radius 2 is 2.05 bits per heavy atom. The van der Waals surface area contributed by atoms with Gasteiger partial charge in [-0.2, -0.15) is 18.4 Å². The highest BCUT2D eigenvalue weighted by Gasteiger charge is 2.33. The van der Waals surface area contributed by atoms with Gasteiger partial charge in [-0.1, -0.05) is 11.6 Å². The normalized spacial score (nSPS) is 17.6. The summed E-state index contributed by atoms with van der Waals surface area (Å²) in [6.45, 7) is 2.24. The zero-order valence-electron chi connectivity index (χ0n) is 20.6. The summed E-state index contributed by atoms with van der Waals surface area (Å²) in [5, 5.41) is 11.8. The summed E-state index contributed by atoms with van der Waals surface area (Å²) in [5.74, 6) is -1.83. The lowest BCUT2D eigenvalue weighted by atomic mass is 10.1. The van der Waals surface area contributed by atoms with E-state index in [1.807, 2.05) is 6.92 Å². The predicted molar refractivity (Wildman–Crippen MR) is 135 cm³/mol. The number of nitrogens with one attached hydrogen (secondary N) is 1. The van der Waals surface area contributed by atoms with E-state index in [0.29, 0.717) is 6.07 Å². The van der Waals surface area contributed by atoms with Crippen molar-refractivity contribution in [3.63, 3.8) is 0 Å². The van der Waals surface area contributed by atoms with Crippen LogP contribution in [0.3, 0.4) is 0 Å². The summed E-state index contributed by atoms with van der Waals surface area (Å²) in [7, 11) is 0. The Hall–Kier alpha value is -4.48. The van der Waals surface area contributed by atoms with E-state index in [9.17, 15) is 23.2 Å². The van der Waals surface area contributed by atoms with Gasteiger partial charge >= 0.3 is 6.18 Å². The van der Waals surface area contributed by atoms with Crippen molar-refractivity contribution in [2.24, 2.45) is 0 Å². The van der Waals surface area contributed by atoms with E-state index in [0.717, 1.165) is 18.3 Å². The third-order valence-corrected chi connectivity index (χ3v) is 6.60. The summed E-state index contributed by atoms with van der Waals surface area (Å²) >= 11 is 6.42. The van der Waals surface area contributed by atoms with Crippen LogP contribution in [0.1, 0.15) is 34.8 Å². The van der Waals surface area contributed by atoms with Gasteiger partial charge in [-0.25, -0.2) is 19.3 Å². The molecule has 4 aromatic rings. The second kappa shape index (κ2) is 10.2. The Morgan fingerprint density at radius 3 is 2.75 bits per heavy atom. The second-order valence-corrected chi connectivity index (χ2v) is 9.36. The first-order valence-corrected chi connectivity index (χ1v) is 12.1. The number of morpholine rings is 1. The van der Waals surface area contributed by atoms with E-state index in [1.54, 1.807) is 0 Å². The van der Waals surface area contributed by atoms with Crippen LogP contribution in [0.25, 0.3) is 16.8 Å². The number of amides is 1. The molecular formula is C25H19ClF4N8O2. The number of carbonyl (C=O) groups excluding carboxylic acids is 1. The molecule has 0 saturated carbocycles. The predicted octanol–water partition coefficient (Wildman–Crippen LogP) is 4.68. The van der Waals surface area contributed by atoms with Crippen LogP contribution < -0.4 is 11.1 Å². The molecular weight excluding hydrogens is 556 g/mol. The van der Waals surface area contributed by atoms with Crippen molar-refractivity contribution in [1.82, 2.24) is 24.3 Å². The molecule has 1 amide bonds. The third kappa shape index (κ3) is 4.96. The molecule has 3 N–H and O–H groups in total. The maximum Gasteiger partial charge on any atom is 0.416 e. The van der Waals surface area contributed by atoms with Gasteiger partial charge in [0, 0.05) is 17.3 Å². The van der Waals surface area contributed by atoms with E-state index in [1.165, 1.54) is 27.6 Å². The van der Waals surface area contributed by atoms with Gasteiger partial charge in [0.1, 0.15) is 45.7 Å². The van der Waals surface area contributed by atoms with Crippen molar-refractivity contribution < 1.29 is 27.1 Å². The number of fused-ring (bicyclic) bond motifs is 1. The fourth-order valence-corrected chi connectivity index (χ4v) is 4.52. The van der Waals surface area contributed by atoms with Crippen LogP contribution >= 0.6 is 11.6 Å². The Bertz CT molecular complexity index is 1670. The molecule has 40 heavy (non-hydrogen) atoms. The fourth-order valence-electron chi connectivity index (χ4n) is 4.30. The number of imidazole rings is 1. The third-order valence-electron chi connectivity index (χ3n) is 6.33. The van der Waals surface area contributed by atoms with Crippen molar-refractivity contribution in [3.05, 3.63) is 70.6 Å². The number of nitrogens with zero attached hydrogens (tertiary/aromatic N) is 6. The van der Waals surface area contributed by atoms with Gasteiger partial charge in [0.25, 0.3) is 5.91 Å². The minimum atomic E-state index is -4.63. The standard InChI is InChI=1S/C25H19ClF4N8O2/c1-12-10-40-17(9-37(12)11-31)23-36-20(21-22(32)34-8-18(26)38(21)23)15-3-2-13(6-16(15)27)24(39)35-19-7-14(4-5-33-19)25(28,29)30/h2-8,12,17H,9-10H2,1H3,(H2,32,34)(H,33,35,39)/t12-,17+/m0/s1. The van der Waals surface area contributed by atoms with Gasteiger partial charge in [0.2, 0.25) is 0 Å². The number of pyridine rings is 1. The zero-order chi connectivity index (χ0) is 28.8. The molecule has 0 radical (unpaired) electrons. The highest BCUT2D eigenvalue weighted by Crippen LogP contribution is 2.36. The van der Waals surface area contributed by atoms with Crippen LogP contribution in [0.5, 0.6) is 0 Å². The molecule has 1 saturated heterocycles. The van der Waals surface area contributed by atoms with E-state index >= 15 is 4.39 Å². The average Bonchev–Trinajstić information content (AvgIpc) is 3.32. The smallest absolute Gasteiger partial charge is 0.382 e. The van der Waals surface area contributed by atoms with Crippen molar-refractivity contribution in [1.29, 1.82) is 5.26 Å². The van der Waals surface area contributed by atoms with Gasteiger partial charge in [-0.3, -0.25) is 9.20 Å². The molecule has 0 unspecified atom stereocenters. The van der Waals surface area contributed by atoms with Crippen LogP contribution in [0.2, 0.25) is 5.15 Å². The van der Waals surface area contributed by atoms with Crippen molar-refractivity contribution in [2.75, 3.05) is 24.2 Å². The lowest BCUT2D eigenvalue weighted by Gasteiger charge is -2.33. The van der Waals surface area contributed by atoms with Gasteiger partial charge < -0.3 is 20.7 Å². The molecule has 4 heterocycles. The Labute approximate surface area is 229 Å². The number of rotatable bonds is 4.